The average molecular weight is 261 g/mol. The van der Waals surface area contributed by atoms with Gasteiger partial charge in [-0.05, 0) is 19.1 Å². The fourth-order valence-electron chi connectivity index (χ4n) is 2.00. The van der Waals surface area contributed by atoms with Crippen LogP contribution in [0.25, 0.3) is 0 Å². The first-order valence-corrected chi connectivity index (χ1v) is 6.32. The van der Waals surface area contributed by atoms with Crippen molar-refractivity contribution in [2.75, 3.05) is 7.11 Å². The summed E-state index contributed by atoms with van der Waals surface area (Å²) in [4.78, 5) is 0. The molecule has 2 N–H and O–H groups in total. The van der Waals surface area contributed by atoms with Crippen molar-refractivity contribution < 1.29 is 9.84 Å². The normalized spacial score (nSPS) is 10.6. The predicted octanol–water partition coefficient (Wildman–Crippen LogP) is 1.91. The summed E-state index contributed by atoms with van der Waals surface area (Å²) in [6.07, 6.45) is 1.80. The van der Waals surface area contributed by atoms with Gasteiger partial charge in [0.1, 0.15) is 0 Å². The van der Waals surface area contributed by atoms with Gasteiger partial charge in [-0.1, -0.05) is 12.1 Å². The molecular weight excluding hydrogens is 242 g/mol. The number of aromatic hydroxyl groups is 1. The molecule has 1 heterocycles. The smallest absolute Gasteiger partial charge is 0.162 e. The van der Waals surface area contributed by atoms with Crippen molar-refractivity contribution >= 4 is 0 Å². The number of benzene rings is 1. The fourth-order valence-corrected chi connectivity index (χ4v) is 2.00. The van der Waals surface area contributed by atoms with Gasteiger partial charge in [0, 0.05) is 31.4 Å². The van der Waals surface area contributed by atoms with Crippen LogP contribution in [0.1, 0.15) is 18.2 Å². The molecule has 0 aliphatic heterocycles. The first-order valence-electron chi connectivity index (χ1n) is 6.32. The van der Waals surface area contributed by atoms with E-state index in [0.717, 1.165) is 17.8 Å². The number of nitrogens with one attached hydrogen (secondary N) is 1. The SMILES string of the molecule is CCn1nccc1CNCc1cccc(OC)c1O. The molecule has 0 aliphatic carbocycles. The molecule has 5 heteroatoms. The molecule has 2 aromatic rings. The lowest BCUT2D eigenvalue weighted by molar-refractivity contribution is 0.369. The molecule has 0 saturated heterocycles. The molecule has 0 amide bonds. The van der Waals surface area contributed by atoms with Crippen LogP contribution in [0.2, 0.25) is 0 Å². The van der Waals surface area contributed by atoms with E-state index in [4.69, 9.17) is 4.74 Å². The molecule has 0 saturated carbocycles. The average Bonchev–Trinajstić information content (AvgIpc) is 2.88. The van der Waals surface area contributed by atoms with E-state index in [1.165, 1.54) is 0 Å². The molecular formula is C14H19N3O2. The minimum atomic E-state index is 0.196. The van der Waals surface area contributed by atoms with E-state index in [1.807, 2.05) is 22.9 Å². The van der Waals surface area contributed by atoms with E-state index in [2.05, 4.69) is 17.3 Å². The van der Waals surface area contributed by atoms with Crippen molar-refractivity contribution in [2.45, 2.75) is 26.6 Å². The summed E-state index contributed by atoms with van der Waals surface area (Å²) >= 11 is 0. The Bertz CT molecular complexity index is 537. The molecule has 19 heavy (non-hydrogen) atoms. The van der Waals surface area contributed by atoms with Crippen molar-refractivity contribution in [2.24, 2.45) is 0 Å². The van der Waals surface area contributed by atoms with Crippen molar-refractivity contribution in [3.05, 3.63) is 41.7 Å². The lowest BCUT2D eigenvalue weighted by Crippen LogP contribution is -2.16. The fraction of sp³-hybridized carbons (Fsp3) is 0.357. The van der Waals surface area contributed by atoms with Gasteiger partial charge >= 0.3 is 0 Å². The van der Waals surface area contributed by atoms with Crippen molar-refractivity contribution in [1.29, 1.82) is 0 Å². The second kappa shape index (κ2) is 6.24. The van der Waals surface area contributed by atoms with Crippen LogP contribution < -0.4 is 10.1 Å². The van der Waals surface area contributed by atoms with Gasteiger partial charge in [-0.3, -0.25) is 4.68 Å². The van der Waals surface area contributed by atoms with Crippen LogP contribution in [0.4, 0.5) is 0 Å². The second-order valence-electron chi connectivity index (χ2n) is 4.21. The summed E-state index contributed by atoms with van der Waals surface area (Å²) in [7, 11) is 1.55. The minimum absolute atomic E-state index is 0.196. The number of hydrogen-bond acceptors (Lipinski definition) is 4. The molecule has 0 fully saturated rings. The standard InChI is InChI=1S/C14H19N3O2/c1-3-17-12(7-8-16-17)10-15-9-11-5-4-6-13(19-2)14(11)18/h4-8,15,18H,3,9-10H2,1-2H3. The maximum Gasteiger partial charge on any atom is 0.162 e. The number of nitrogens with zero attached hydrogens (tertiary/aromatic N) is 2. The Balaban J connectivity index is 1.96. The Labute approximate surface area is 112 Å². The third-order valence-electron chi connectivity index (χ3n) is 3.03. The summed E-state index contributed by atoms with van der Waals surface area (Å²) in [5.41, 5.74) is 1.95. The summed E-state index contributed by atoms with van der Waals surface area (Å²) in [6.45, 7) is 4.21. The summed E-state index contributed by atoms with van der Waals surface area (Å²) in [5, 5.41) is 17.5. The maximum atomic E-state index is 9.96. The Kier molecular flexibility index (Phi) is 4.41. The van der Waals surface area contributed by atoms with Gasteiger partial charge in [0.05, 0.1) is 12.8 Å². The minimum Gasteiger partial charge on any atom is -0.504 e. The lowest BCUT2D eigenvalue weighted by atomic mass is 10.2. The molecule has 102 valence electrons. The van der Waals surface area contributed by atoms with Gasteiger partial charge in [0.25, 0.3) is 0 Å². The van der Waals surface area contributed by atoms with Gasteiger partial charge in [-0.2, -0.15) is 5.10 Å². The quantitative estimate of drug-likeness (QED) is 0.834. The number of phenolic OH excluding ortho intramolecular Hbond substituents is 1. The van der Waals surface area contributed by atoms with E-state index in [1.54, 1.807) is 19.4 Å². The van der Waals surface area contributed by atoms with E-state index in [0.29, 0.717) is 18.8 Å². The van der Waals surface area contributed by atoms with Crippen LogP contribution in [-0.2, 0) is 19.6 Å². The van der Waals surface area contributed by atoms with Gasteiger partial charge in [0.2, 0.25) is 0 Å². The highest BCUT2D eigenvalue weighted by Gasteiger charge is 2.07. The van der Waals surface area contributed by atoms with Crippen molar-refractivity contribution in [3.8, 4) is 11.5 Å². The number of aryl methyl sites for hydroxylation is 1. The maximum absolute atomic E-state index is 9.96. The highest BCUT2D eigenvalue weighted by Crippen LogP contribution is 2.29. The Hall–Kier alpha value is -2.01. The van der Waals surface area contributed by atoms with Gasteiger partial charge in [-0.15, -0.1) is 0 Å². The largest absolute Gasteiger partial charge is 0.504 e. The molecule has 0 aliphatic rings. The summed E-state index contributed by atoms with van der Waals surface area (Å²) < 4.78 is 7.03. The number of rotatable bonds is 6. The third kappa shape index (κ3) is 3.06. The van der Waals surface area contributed by atoms with Crippen molar-refractivity contribution in [1.82, 2.24) is 15.1 Å². The first-order chi connectivity index (χ1) is 9.26. The zero-order valence-corrected chi connectivity index (χ0v) is 11.3. The molecule has 1 aromatic carbocycles. The van der Waals surface area contributed by atoms with Crippen LogP contribution in [0.5, 0.6) is 11.5 Å². The first kappa shape index (κ1) is 13.4. The van der Waals surface area contributed by atoms with Crippen LogP contribution in [-0.4, -0.2) is 22.0 Å². The van der Waals surface area contributed by atoms with E-state index in [9.17, 15) is 5.11 Å². The molecule has 2 rings (SSSR count). The number of para-hydroxylation sites is 1. The highest BCUT2D eigenvalue weighted by atomic mass is 16.5. The monoisotopic (exact) mass is 261 g/mol. The molecule has 1 aromatic heterocycles. The molecule has 0 atom stereocenters. The second-order valence-corrected chi connectivity index (χ2v) is 4.21. The number of phenols is 1. The predicted molar refractivity (Wildman–Crippen MR) is 73.1 cm³/mol. The Morgan fingerprint density at radius 1 is 1.32 bits per heavy atom. The summed E-state index contributed by atoms with van der Waals surface area (Å²) in [6, 6.07) is 7.47. The van der Waals surface area contributed by atoms with Gasteiger partial charge in [0.15, 0.2) is 11.5 Å². The van der Waals surface area contributed by atoms with Crippen LogP contribution in [0.3, 0.4) is 0 Å². The van der Waals surface area contributed by atoms with Gasteiger partial charge in [-0.25, -0.2) is 0 Å². The molecule has 0 bridgehead atoms. The zero-order chi connectivity index (χ0) is 13.7. The van der Waals surface area contributed by atoms with Crippen LogP contribution in [0.15, 0.2) is 30.5 Å². The van der Waals surface area contributed by atoms with E-state index in [-0.39, 0.29) is 5.75 Å². The number of hydrogen-bond donors (Lipinski definition) is 2. The highest BCUT2D eigenvalue weighted by molar-refractivity contribution is 5.45. The Morgan fingerprint density at radius 3 is 2.89 bits per heavy atom. The van der Waals surface area contributed by atoms with Crippen molar-refractivity contribution in [3.63, 3.8) is 0 Å². The number of methoxy groups -OCH3 is 1. The van der Waals surface area contributed by atoms with Gasteiger partial charge < -0.3 is 15.2 Å². The third-order valence-corrected chi connectivity index (χ3v) is 3.03. The molecule has 0 radical (unpaired) electrons. The topological polar surface area (TPSA) is 59.3 Å². The summed E-state index contributed by atoms with van der Waals surface area (Å²) in [5.74, 6) is 0.694. The molecule has 5 nitrogen and oxygen atoms in total. The zero-order valence-electron chi connectivity index (χ0n) is 11.3. The number of ether oxygens (including phenoxy) is 1. The Morgan fingerprint density at radius 2 is 2.16 bits per heavy atom. The molecule has 0 spiro atoms. The van der Waals surface area contributed by atoms with Crippen LogP contribution in [0, 0.1) is 0 Å². The molecule has 0 unspecified atom stereocenters. The van der Waals surface area contributed by atoms with Crippen LogP contribution >= 0.6 is 0 Å². The van der Waals surface area contributed by atoms with E-state index < -0.39 is 0 Å². The lowest BCUT2D eigenvalue weighted by Gasteiger charge is -2.10. The van der Waals surface area contributed by atoms with E-state index >= 15 is 0 Å². The number of aromatic nitrogens is 2.